The molecular weight excluding hydrogens is 474 g/mol. The van der Waals surface area contributed by atoms with Gasteiger partial charge in [0.05, 0.1) is 36.8 Å². The number of aryl methyl sites for hydroxylation is 1. The number of anilines is 3. The minimum atomic E-state index is -0.705. The van der Waals surface area contributed by atoms with Gasteiger partial charge in [0.15, 0.2) is 17.3 Å². The minimum Gasteiger partial charge on any atom is -0.492 e. The Balaban J connectivity index is 1.36. The molecule has 192 valence electrons. The van der Waals surface area contributed by atoms with Crippen LogP contribution >= 0.6 is 0 Å². The molecule has 1 saturated heterocycles. The summed E-state index contributed by atoms with van der Waals surface area (Å²) >= 11 is 0. The minimum absolute atomic E-state index is 0.00720. The average molecular weight is 504 g/mol. The summed E-state index contributed by atoms with van der Waals surface area (Å²) in [6.45, 7) is 4.83. The number of amides is 1. The van der Waals surface area contributed by atoms with E-state index in [9.17, 15) is 4.79 Å². The van der Waals surface area contributed by atoms with Crippen molar-refractivity contribution in [1.82, 2.24) is 29.4 Å². The van der Waals surface area contributed by atoms with Crippen LogP contribution in [0.25, 0.3) is 22.3 Å². The van der Waals surface area contributed by atoms with Crippen LogP contribution in [0, 0.1) is 0 Å². The van der Waals surface area contributed by atoms with Gasteiger partial charge in [-0.25, -0.2) is 15.0 Å². The van der Waals surface area contributed by atoms with E-state index in [4.69, 9.17) is 15.2 Å². The zero-order valence-corrected chi connectivity index (χ0v) is 20.8. The summed E-state index contributed by atoms with van der Waals surface area (Å²) in [5.41, 5.74) is 9.01. The van der Waals surface area contributed by atoms with E-state index in [-0.39, 0.29) is 11.5 Å². The van der Waals surface area contributed by atoms with Gasteiger partial charge in [0.2, 0.25) is 0 Å². The fourth-order valence-electron chi connectivity index (χ4n) is 4.16. The fraction of sp³-hybridized carbons (Fsp3) is 0.320. The van der Waals surface area contributed by atoms with E-state index in [0.29, 0.717) is 34.9 Å². The molecular formula is C25H29N9O3. The van der Waals surface area contributed by atoms with Crippen molar-refractivity contribution in [2.75, 3.05) is 57.1 Å². The lowest BCUT2D eigenvalue weighted by Gasteiger charge is -2.26. The third kappa shape index (κ3) is 5.29. The molecule has 12 nitrogen and oxygen atoms in total. The van der Waals surface area contributed by atoms with Crippen LogP contribution in [-0.2, 0) is 11.8 Å². The number of fused-ring (bicyclic) bond motifs is 1. The molecule has 0 spiro atoms. The highest BCUT2D eigenvalue weighted by Crippen LogP contribution is 2.32. The number of primary amides is 1. The lowest BCUT2D eigenvalue weighted by Crippen LogP contribution is -2.38. The van der Waals surface area contributed by atoms with E-state index < -0.39 is 5.91 Å². The first kappa shape index (κ1) is 24.4. The topological polar surface area (TPSA) is 145 Å². The molecule has 3 aromatic heterocycles. The number of nitrogens with zero attached hydrogens (tertiary/aromatic N) is 6. The van der Waals surface area contributed by atoms with Crippen molar-refractivity contribution in [2.45, 2.75) is 0 Å². The Labute approximate surface area is 213 Å². The quantitative estimate of drug-likeness (QED) is 0.310. The second-order valence-corrected chi connectivity index (χ2v) is 8.59. The van der Waals surface area contributed by atoms with Gasteiger partial charge in [-0.2, -0.15) is 0 Å². The molecule has 0 unspecified atom stereocenters. The van der Waals surface area contributed by atoms with Gasteiger partial charge in [-0.05, 0) is 24.3 Å². The van der Waals surface area contributed by atoms with Gasteiger partial charge in [-0.3, -0.25) is 14.7 Å². The Hall–Kier alpha value is -4.29. The van der Waals surface area contributed by atoms with Crippen LogP contribution in [0.5, 0.6) is 5.75 Å². The maximum absolute atomic E-state index is 12.4. The second-order valence-electron chi connectivity index (χ2n) is 8.59. The van der Waals surface area contributed by atoms with Gasteiger partial charge in [-0.15, -0.1) is 0 Å². The molecule has 12 heteroatoms. The third-order valence-electron chi connectivity index (χ3n) is 6.16. The predicted molar refractivity (Wildman–Crippen MR) is 140 cm³/mol. The molecule has 0 bridgehead atoms. The first-order valence-corrected chi connectivity index (χ1v) is 12.0. The van der Waals surface area contributed by atoms with Gasteiger partial charge >= 0.3 is 0 Å². The number of morpholine rings is 1. The lowest BCUT2D eigenvalue weighted by atomic mass is 10.1. The molecule has 0 saturated carbocycles. The van der Waals surface area contributed by atoms with Gasteiger partial charge in [0, 0.05) is 45.6 Å². The first-order chi connectivity index (χ1) is 18.0. The monoisotopic (exact) mass is 503 g/mol. The van der Waals surface area contributed by atoms with Gasteiger partial charge in [-0.1, -0.05) is 0 Å². The highest BCUT2D eigenvalue weighted by atomic mass is 16.5. The molecule has 4 aromatic rings. The summed E-state index contributed by atoms with van der Waals surface area (Å²) in [6, 6.07) is 7.42. The number of hydrogen-bond donors (Lipinski definition) is 3. The molecule has 5 rings (SSSR count). The highest BCUT2D eigenvalue weighted by molar-refractivity contribution is 5.99. The smallest absolute Gasteiger partial charge is 0.271 e. The number of nitrogens with one attached hydrogen (secondary N) is 2. The number of pyridine rings is 1. The summed E-state index contributed by atoms with van der Waals surface area (Å²) in [7, 11) is 3.62. The number of nitrogens with two attached hydrogens (primary N) is 1. The van der Waals surface area contributed by atoms with E-state index in [1.165, 1.54) is 0 Å². The predicted octanol–water partition coefficient (Wildman–Crippen LogP) is 2.02. The Morgan fingerprint density at radius 3 is 2.65 bits per heavy atom. The zero-order valence-electron chi connectivity index (χ0n) is 20.8. The molecule has 0 atom stereocenters. The summed E-state index contributed by atoms with van der Waals surface area (Å²) in [5.74, 6) is 0.739. The van der Waals surface area contributed by atoms with E-state index in [1.54, 1.807) is 25.8 Å². The van der Waals surface area contributed by atoms with Crippen LogP contribution in [0.2, 0.25) is 0 Å². The van der Waals surface area contributed by atoms with E-state index in [1.807, 2.05) is 35.9 Å². The molecule has 4 N–H and O–H groups in total. The molecule has 1 aliphatic heterocycles. The number of carbonyl (C=O) groups is 1. The average Bonchev–Trinajstić information content (AvgIpc) is 3.31. The number of benzene rings is 1. The molecule has 1 amide bonds. The lowest BCUT2D eigenvalue weighted by molar-refractivity contribution is 0.0322. The fourth-order valence-corrected chi connectivity index (χ4v) is 4.16. The standard InChI is InChI=1S/C25H29N9O3/c1-27-24-21(18-13-28-14-19-20(18)29-15-33(19)2)31-22(23(26)35)25(32-24)30-16-3-5-17(6-4-16)37-12-9-34-7-10-36-11-8-34/h3-6,13-15H,7-12H2,1-2H3,(H2,26,35)(H2,27,30,32). The molecule has 0 aliphatic carbocycles. The second kappa shape index (κ2) is 10.8. The molecule has 1 fully saturated rings. The summed E-state index contributed by atoms with van der Waals surface area (Å²) in [5, 5.41) is 6.21. The Kier molecular flexibility index (Phi) is 7.10. The molecule has 4 heterocycles. The Morgan fingerprint density at radius 1 is 1.14 bits per heavy atom. The third-order valence-corrected chi connectivity index (χ3v) is 6.16. The van der Waals surface area contributed by atoms with Crippen molar-refractivity contribution in [3.8, 4) is 17.0 Å². The normalized spacial score (nSPS) is 14.0. The van der Waals surface area contributed by atoms with Crippen LogP contribution < -0.4 is 21.1 Å². The number of aromatic nitrogens is 5. The summed E-state index contributed by atoms with van der Waals surface area (Å²) in [6.07, 6.45) is 5.07. The van der Waals surface area contributed by atoms with E-state index in [0.717, 1.165) is 44.1 Å². The van der Waals surface area contributed by atoms with Crippen LogP contribution in [0.3, 0.4) is 0 Å². The summed E-state index contributed by atoms with van der Waals surface area (Å²) < 4.78 is 13.1. The van der Waals surface area contributed by atoms with Crippen LogP contribution in [-0.4, -0.2) is 81.8 Å². The number of rotatable bonds is 9. The van der Waals surface area contributed by atoms with Crippen molar-refractivity contribution in [3.63, 3.8) is 0 Å². The Bertz CT molecular complexity index is 1400. The van der Waals surface area contributed by atoms with Crippen molar-refractivity contribution in [1.29, 1.82) is 0 Å². The number of ether oxygens (including phenoxy) is 2. The maximum Gasteiger partial charge on any atom is 0.271 e. The molecule has 1 aliphatic rings. The molecule has 37 heavy (non-hydrogen) atoms. The number of hydrogen-bond acceptors (Lipinski definition) is 10. The van der Waals surface area contributed by atoms with Crippen LogP contribution in [0.4, 0.5) is 17.3 Å². The van der Waals surface area contributed by atoms with Crippen molar-refractivity contribution in [3.05, 3.63) is 48.7 Å². The first-order valence-electron chi connectivity index (χ1n) is 12.0. The van der Waals surface area contributed by atoms with Gasteiger partial charge in [0.1, 0.15) is 23.6 Å². The number of carbonyl (C=O) groups excluding carboxylic acids is 1. The van der Waals surface area contributed by atoms with E-state index in [2.05, 4.69) is 35.5 Å². The van der Waals surface area contributed by atoms with Gasteiger partial charge < -0.3 is 30.4 Å². The zero-order chi connectivity index (χ0) is 25.8. The van der Waals surface area contributed by atoms with Crippen molar-refractivity contribution in [2.24, 2.45) is 12.8 Å². The Morgan fingerprint density at radius 2 is 1.92 bits per heavy atom. The SMILES string of the molecule is CNc1nc(Nc2ccc(OCCN3CCOCC3)cc2)c(C(N)=O)nc1-c1cncc2c1ncn2C. The number of imidazole rings is 1. The van der Waals surface area contributed by atoms with Crippen LogP contribution in [0.15, 0.2) is 43.0 Å². The van der Waals surface area contributed by atoms with Crippen LogP contribution in [0.1, 0.15) is 10.5 Å². The molecule has 0 radical (unpaired) electrons. The van der Waals surface area contributed by atoms with Crippen molar-refractivity contribution < 1.29 is 14.3 Å². The largest absolute Gasteiger partial charge is 0.492 e. The van der Waals surface area contributed by atoms with E-state index >= 15 is 0 Å². The summed E-state index contributed by atoms with van der Waals surface area (Å²) in [4.78, 5) is 32.7. The highest BCUT2D eigenvalue weighted by Gasteiger charge is 2.21. The van der Waals surface area contributed by atoms with Gasteiger partial charge in [0.25, 0.3) is 5.91 Å². The maximum atomic E-state index is 12.4. The molecule has 1 aromatic carbocycles. The van der Waals surface area contributed by atoms with Crippen molar-refractivity contribution >= 4 is 34.3 Å².